The Bertz CT molecular complexity index is 380. The number of aromatic nitrogens is 1. The van der Waals surface area contributed by atoms with Crippen molar-refractivity contribution in [1.29, 1.82) is 0 Å². The SMILES string of the molecule is CC=Cc1ccc(O)cc1.c1ccncc1. The highest BCUT2D eigenvalue weighted by Crippen LogP contribution is 2.10. The summed E-state index contributed by atoms with van der Waals surface area (Å²) in [6, 6.07) is 12.8. The Morgan fingerprint density at radius 2 is 1.62 bits per heavy atom. The van der Waals surface area contributed by atoms with E-state index in [9.17, 15) is 0 Å². The number of phenols is 1. The zero-order chi connectivity index (χ0) is 11.6. The lowest BCUT2D eigenvalue weighted by Crippen LogP contribution is -1.68. The molecule has 1 heterocycles. The summed E-state index contributed by atoms with van der Waals surface area (Å²) in [5.41, 5.74) is 1.11. The molecule has 82 valence electrons. The quantitative estimate of drug-likeness (QED) is 0.786. The number of nitrogens with zero attached hydrogens (tertiary/aromatic N) is 1. The van der Waals surface area contributed by atoms with E-state index in [-0.39, 0.29) is 0 Å². The lowest BCUT2D eigenvalue weighted by molar-refractivity contribution is 0.475. The number of hydrogen-bond donors (Lipinski definition) is 1. The number of phenolic OH excluding ortho intramolecular Hbond substituents is 1. The molecule has 2 aromatic rings. The van der Waals surface area contributed by atoms with Gasteiger partial charge in [-0.15, -0.1) is 0 Å². The summed E-state index contributed by atoms with van der Waals surface area (Å²) in [5, 5.41) is 8.90. The molecule has 1 aromatic carbocycles. The molecular formula is C14H15NO. The largest absolute Gasteiger partial charge is 0.508 e. The van der Waals surface area contributed by atoms with E-state index in [2.05, 4.69) is 4.98 Å². The lowest BCUT2D eigenvalue weighted by atomic mass is 10.2. The Labute approximate surface area is 95.9 Å². The van der Waals surface area contributed by atoms with Crippen LogP contribution >= 0.6 is 0 Å². The topological polar surface area (TPSA) is 33.1 Å². The third-order valence-electron chi connectivity index (χ3n) is 1.82. The highest BCUT2D eigenvalue weighted by molar-refractivity contribution is 5.49. The van der Waals surface area contributed by atoms with Crippen LogP contribution in [0, 0.1) is 0 Å². The first-order valence-corrected chi connectivity index (χ1v) is 5.09. The molecule has 0 saturated heterocycles. The summed E-state index contributed by atoms with van der Waals surface area (Å²) in [4.78, 5) is 3.78. The first kappa shape index (κ1) is 12.0. The van der Waals surface area contributed by atoms with E-state index in [1.807, 2.05) is 49.4 Å². The average Bonchev–Trinajstić information content (AvgIpc) is 2.35. The van der Waals surface area contributed by atoms with E-state index in [0.717, 1.165) is 5.56 Å². The number of rotatable bonds is 1. The molecular weight excluding hydrogens is 198 g/mol. The van der Waals surface area contributed by atoms with Crippen molar-refractivity contribution in [3.05, 3.63) is 66.5 Å². The summed E-state index contributed by atoms with van der Waals surface area (Å²) in [6.07, 6.45) is 7.45. The maximum absolute atomic E-state index is 8.90. The van der Waals surface area contributed by atoms with Crippen molar-refractivity contribution < 1.29 is 5.11 Å². The average molecular weight is 213 g/mol. The summed E-state index contributed by atoms with van der Waals surface area (Å²) in [5.74, 6) is 0.313. The van der Waals surface area contributed by atoms with Crippen LogP contribution in [0.25, 0.3) is 6.08 Å². The molecule has 0 atom stereocenters. The Kier molecular flexibility index (Phi) is 5.42. The standard InChI is InChI=1S/C9H10O.C5H5N/c1-2-3-8-4-6-9(10)7-5-8;1-2-4-6-5-3-1/h2-7,10H,1H3;1-5H. The van der Waals surface area contributed by atoms with Crippen LogP contribution in [0.15, 0.2) is 60.9 Å². The van der Waals surface area contributed by atoms with Gasteiger partial charge in [0.15, 0.2) is 0 Å². The van der Waals surface area contributed by atoms with E-state index in [4.69, 9.17) is 5.11 Å². The summed E-state index contributed by atoms with van der Waals surface area (Å²) in [7, 11) is 0. The van der Waals surface area contributed by atoms with Crippen LogP contribution < -0.4 is 0 Å². The van der Waals surface area contributed by atoms with Crippen molar-refractivity contribution in [3.63, 3.8) is 0 Å². The Hall–Kier alpha value is -2.09. The van der Waals surface area contributed by atoms with Gasteiger partial charge in [0.25, 0.3) is 0 Å². The van der Waals surface area contributed by atoms with E-state index in [1.165, 1.54) is 0 Å². The first-order valence-electron chi connectivity index (χ1n) is 5.09. The van der Waals surface area contributed by atoms with Crippen LogP contribution in [0.3, 0.4) is 0 Å². The Balaban J connectivity index is 0.000000181. The number of pyridine rings is 1. The predicted octanol–water partition coefficient (Wildman–Crippen LogP) is 3.51. The summed E-state index contributed by atoms with van der Waals surface area (Å²) < 4.78 is 0. The molecule has 0 amide bonds. The van der Waals surface area contributed by atoms with Crippen molar-refractivity contribution in [2.75, 3.05) is 0 Å². The molecule has 0 bridgehead atoms. The third-order valence-corrected chi connectivity index (χ3v) is 1.82. The van der Waals surface area contributed by atoms with Crippen molar-refractivity contribution in [1.82, 2.24) is 4.98 Å². The Morgan fingerprint density at radius 3 is 2.00 bits per heavy atom. The minimum Gasteiger partial charge on any atom is -0.508 e. The molecule has 0 saturated carbocycles. The predicted molar refractivity (Wildman–Crippen MR) is 67.1 cm³/mol. The fourth-order valence-corrected chi connectivity index (χ4v) is 1.09. The highest BCUT2D eigenvalue weighted by atomic mass is 16.3. The molecule has 2 heteroatoms. The zero-order valence-electron chi connectivity index (χ0n) is 9.25. The van der Waals surface area contributed by atoms with Gasteiger partial charge in [-0.3, -0.25) is 4.98 Å². The minimum atomic E-state index is 0.313. The molecule has 0 radical (unpaired) electrons. The maximum atomic E-state index is 8.90. The van der Waals surface area contributed by atoms with E-state index in [1.54, 1.807) is 24.5 Å². The first-order chi connectivity index (χ1) is 7.83. The van der Waals surface area contributed by atoms with Gasteiger partial charge in [0.05, 0.1) is 0 Å². The molecule has 0 unspecified atom stereocenters. The van der Waals surface area contributed by atoms with Gasteiger partial charge in [-0.2, -0.15) is 0 Å². The lowest BCUT2D eigenvalue weighted by Gasteiger charge is -1.91. The van der Waals surface area contributed by atoms with Crippen LogP contribution in [0.4, 0.5) is 0 Å². The molecule has 2 nitrogen and oxygen atoms in total. The second kappa shape index (κ2) is 7.23. The minimum absolute atomic E-state index is 0.313. The van der Waals surface area contributed by atoms with Gasteiger partial charge in [-0.25, -0.2) is 0 Å². The van der Waals surface area contributed by atoms with Crippen LogP contribution in [0.2, 0.25) is 0 Å². The second-order valence-corrected chi connectivity index (χ2v) is 3.12. The van der Waals surface area contributed by atoms with Gasteiger partial charge < -0.3 is 5.11 Å². The summed E-state index contributed by atoms with van der Waals surface area (Å²) in [6.45, 7) is 1.97. The van der Waals surface area contributed by atoms with Gasteiger partial charge in [0.1, 0.15) is 5.75 Å². The van der Waals surface area contributed by atoms with Gasteiger partial charge in [-0.05, 0) is 36.8 Å². The molecule has 0 aliphatic rings. The summed E-state index contributed by atoms with van der Waals surface area (Å²) >= 11 is 0. The highest BCUT2D eigenvalue weighted by Gasteiger charge is 1.85. The fraction of sp³-hybridized carbons (Fsp3) is 0.0714. The molecule has 0 aliphatic heterocycles. The molecule has 16 heavy (non-hydrogen) atoms. The third kappa shape index (κ3) is 4.96. The monoisotopic (exact) mass is 213 g/mol. The van der Waals surface area contributed by atoms with Gasteiger partial charge in [0, 0.05) is 12.4 Å². The second-order valence-electron chi connectivity index (χ2n) is 3.12. The molecule has 0 aliphatic carbocycles. The van der Waals surface area contributed by atoms with Crippen LogP contribution in [-0.4, -0.2) is 10.1 Å². The Morgan fingerprint density at radius 1 is 1.00 bits per heavy atom. The van der Waals surface area contributed by atoms with Crippen LogP contribution in [0.1, 0.15) is 12.5 Å². The van der Waals surface area contributed by atoms with E-state index >= 15 is 0 Å². The number of allylic oxidation sites excluding steroid dienone is 1. The smallest absolute Gasteiger partial charge is 0.115 e. The van der Waals surface area contributed by atoms with Gasteiger partial charge in [0.2, 0.25) is 0 Å². The molecule has 1 aromatic heterocycles. The van der Waals surface area contributed by atoms with Gasteiger partial charge >= 0.3 is 0 Å². The zero-order valence-corrected chi connectivity index (χ0v) is 9.25. The van der Waals surface area contributed by atoms with Crippen molar-refractivity contribution >= 4 is 6.08 Å². The van der Waals surface area contributed by atoms with Crippen molar-refractivity contribution in [2.45, 2.75) is 6.92 Å². The maximum Gasteiger partial charge on any atom is 0.115 e. The number of benzene rings is 1. The van der Waals surface area contributed by atoms with Crippen molar-refractivity contribution in [3.8, 4) is 5.75 Å². The van der Waals surface area contributed by atoms with Gasteiger partial charge in [-0.1, -0.05) is 30.4 Å². The van der Waals surface area contributed by atoms with E-state index in [0.29, 0.717) is 5.75 Å². The van der Waals surface area contributed by atoms with Crippen molar-refractivity contribution in [2.24, 2.45) is 0 Å². The van der Waals surface area contributed by atoms with Crippen LogP contribution in [0.5, 0.6) is 5.75 Å². The molecule has 1 N–H and O–H groups in total. The molecule has 0 fully saturated rings. The fourth-order valence-electron chi connectivity index (χ4n) is 1.09. The van der Waals surface area contributed by atoms with E-state index < -0.39 is 0 Å². The number of hydrogen-bond acceptors (Lipinski definition) is 2. The van der Waals surface area contributed by atoms with Crippen LogP contribution in [-0.2, 0) is 0 Å². The number of aromatic hydroxyl groups is 1. The normalized spacial score (nSPS) is 9.56. The molecule has 0 spiro atoms. The molecule has 2 rings (SSSR count).